The molecule has 0 aromatic rings. The van der Waals surface area contributed by atoms with Gasteiger partial charge in [0, 0.05) is 18.6 Å². The maximum Gasteiger partial charge on any atom is 0.294 e. The van der Waals surface area contributed by atoms with Crippen molar-refractivity contribution in [3.8, 4) is 0 Å². The van der Waals surface area contributed by atoms with Crippen LogP contribution in [0.2, 0.25) is 0 Å². The maximum atomic E-state index is 10.1. The van der Waals surface area contributed by atoms with E-state index >= 15 is 0 Å². The molecule has 1 saturated heterocycles. The molecule has 0 spiro atoms. The Balaban J connectivity index is 2.35. The van der Waals surface area contributed by atoms with E-state index in [0.29, 0.717) is 0 Å². The molecule has 0 aromatic carbocycles. The number of piperidine rings is 1. The van der Waals surface area contributed by atoms with Crippen LogP contribution in [0.3, 0.4) is 0 Å². The van der Waals surface area contributed by atoms with Gasteiger partial charge in [0.1, 0.15) is 6.10 Å². The second kappa shape index (κ2) is 4.13. The zero-order valence-electron chi connectivity index (χ0n) is 9.02. The fourth-order valence-electron chi connectivity index (χ4n) is 1.75. The molecule has 14 heavy (non-hydrogen) atoms. The van der Waals surface area contributed by atoms with Crippen molar-refractivity contribution in [3.05, 3.63) is 10.1 Å². The summed E-state index contributed by atoms with van der Waals surface area (Å²) in [5.74, 6) is 0. The molecule has 1 aliphatic heterocycles. The Morgan fingerprint density at radius 2 is 1.86 bits per heavy atom. The van der Waals surface area contributed by atoms with Crippen LogP contribution in [-0.2, 0) is 4.84 Å². The van der Waals surface area contributed by atoms with E-state index in [1.165, 1.54) is 0 Å². The zero-order chi connectivity index (χ0) is 10.8. The Bertz CT molecular complexity index is 205. The van der Waals surface area contributed by atoms with Crippen molar-refractivity contribution in [1.29, 1.82) is 0 Å². The van der Waals surface area contributed by atoms with Crippen molar-refractivity contribution in [2.45, 2.75) is 45.3 Å². The monoisotopic (exact) mass is 202 g/mol. The predicted octanol–water partition coefficient (Wildman–Crippen LogP) is 1.46. The minimum absolute atomic E-state index is 0.152. The summed E-state index contributed by atoms with van der Waals surface area (Å²) in [6.45, 7) is 8.22. The van der Waals surface area contributed by atoms with Gasteiger partial charge in [-0.2, -0.15) is 0 Å². The van der Waals surface area contributed by atoms with Gasteiger partial charge < -0.3 is 4.84 Å². The van der Waals surface area contributed by atoms with Gasteiger partial charge in [0.2, 0.25) is 0 Å². The summed E-state index contributed by atoms with van der Waals surface area (Å²) < 4.78 is 0. The quantitative estimate of drug-likeness (QED) is 0.502. The highest BCUT2D eigenvalue weighted by Crippen LogP contribution is 2.21. The van der Waals surface area contributed by atoms with Gasteiger partial charge in [0.05, 0.1) is 0 Å². The third kappa shape index (κ3) is 3.14. The fraction of sp³-hybridized carbons (Fsp3) is 1.00. The molecule has 0 amide bonds. The van der Waals surface area contributed by atoms with Crippen molar-refractivity contribution in [2.75, 3.05) is 13.1 Å². The highest BCUT2D eigenvalue weighted by atomic mass is 17.0. The SMILES string of the molecule is CC(C)(C)N1CCC(O[N+](=O)[O-])CC1. The van der Waals surface area contributed by atoms with E-state index in [-0.39, 0.29) is 11.6 Å². The molecule has 0 N–H and O–H groups in total. The number of hydrogen-bond acceptors (Lipinski definition) is 4. The van der Waals surface area contributed by atoms with Crippen molar-refractivity contribution in [1.82, 2.24) is 4.90 Å². The summed E-state index contributed by atoms with van der Waals surface area (Å²) >= 11 is 0. The molecule has 1 fully saturated rings. The van der Waals surface area contributed by atoms with Gasteiger partial charge >= 0.3 is 0 Å². The normalized spacial score (nSPS) is 20.8. The van der Waals surface area contributed by atoms with Gasteiger partial charge in [-0.25, -0.2) is 0 Å². The second-order valence-electron chi connectivity index (χ2n) is 4.69. The Morgan fingerprint density at radius 1 is 1.36 bits per heavy atom. The highest BCUT2D eigenvalue weighted by molar-refractivity contribution is 4.81. The summed E-state index contributed by atoms with van der Waals surface area (Å²) in [6.07, 6.45) is 1.29. The lowest BCUT2D eigenvalue weighted by atomic mass is 10.00. The van der Waals surface area contributed by atoms with E-state index < -0.39 is 5.09 Å². The van der Waals surface area contributed by atoms with Gasteiger partial charge in [-0.05, 0) is 33.6 Å². The molecule has 1 heterocycles. The molecule has 5 heteroatoms. The fourth-order valence-corrected chi connectivity index (χ4v) is 1.75. The second-order valence-corrected chi connectivity index (χ2v) is 4.69. The molecule has 0 aliphatic carbocycles. The third-order valence-corrected chi connectivity index (χ3v) is 2.63. The summed E-state index contributed by atoms with van der Waals surface area (Å²) in [5, 5.41) is 9.43. The summed E-state index contributed by atoms with van der Waals surface area (Å²) in [5.41, 5.74) is 0.152. The molecule has 1 aliphatic rings. The lowest BCUT2D eigenvalue weighted by molar-refractivity contribution is -0.769. The molecular formula is C9H18N2O3. The van der Waals surface area contributed by atoms with Crippen LogP contribution in [0.15, 0.2) is 0 Å². The average Bonchev–Trinajstić information content (AvgIpc) is 2.02. The van der Waals surface area contributed by atoms with Gasteiger partial charge in [0.25, 0.3) is 5.09 Å². The lowest BCUT2D eigenvalue weighted by Crippen LogP contribution is -2.47. The summed E-state index contributed by atoms with van der Waals surface area (Å²) in [7, 11) is 0. The number of nitrogens with zero attached hydrogens (tertiary/aromatic N) is 2. The lowest BCUT2D eigenvalue weighted by Gasteiger charge is -2.40. The summed E-state index contributed by atoms with van der Waals surface area (Å²) in [6, 6.07) is 0. The van der Waals surface area contributed by atoms with Crippen LogP contribution in [0.1, 0.15) is 33.6 Å². The molecule has 0 aromatic heterocycles. The summed E-state index contributed by atoms with van der Waals surface area (Å²) in [4.78, 5) is 17.0. The Kier molecular flexibility index (Phi) is 3.31. The van der Waals surface area contributed by atoms with Crippen LogP contribution in [0.5, 0.6) is 0 Å². The zero-order valence-corrected chi connectivity index (χ0v) is 9.02. The van der Waals surface area contributed by atoms with E-state index in [9.17, 15) is 10.1 Å². The molecule has 0 saturated carbocycles. The molecule has 0 unspecified atom stereocenters. The van der Waals surface area contributed by atoms with Crippen LogP contribution in [-0.4, -0.2) is 34.7 Å². The highest BCUT2D eigenvalue weighted by Gasteiger charge is 2.28. The van der Waals surface area contributed by atoms with Gasteiger partial charge in [-0.1, -0.05) is 0 Å². The Morgan fingerprint density at radius 3 is 2.21 bits per heavy atom. The van der Waals surface area contributed by atoms with Crippen LogP contribution in [0.4, 0.5) is 0 Å². The molecule has 0 bridgehead atoms. The van der Waals surface area contributed by atoms with E-state index in [0.717, 1.165) is 25.9 Å². The van der Waals surface area contributed by atoms with Crippen molar-refractivity contribution < 1.29 is 9.92 Å². The first-order chi connectivity index (χ1) is 6.39. The van der Waals surface area contributed by atoms with E-state index in [4.69, 9.17) is 0 Å². The number of hydrogen-bond donors (Lipinski definition) is 0. The standard InChI is InChI=1S/C9H18N2O3/c1-9(2,3)10-6-4-8(5-7-10)14-11(12)13/h8H,4-7H2,1-3H3. The smallest absolute Gasteiger partial charge is 0.294 e. The maximum absolute atomic E-state index is 10.1. The van der Waals surface area contributed by atoms with Crippen LogP contribution in [0, 0.1) is 10.1 Å². The van der Waals surface area contributed by atoms with E-state index in [1.54, 1.807) is 0 Å². The minimum atomic E-state index is -0.683. The first-order valence-electron chi connectivity index (χ1n) is 4.96. The van der Waals surface area contributed by atoms with Crippen molar-refractivity contribution in [2.24, 2.45) is 0 Å². The predicted molar refractivity (Wildman–Crippen MR) is 52.4 cm³/mol. The van der Waals surface area contributed by atoms with Crippen LogP contribution < -0.4 is 0 Å². The molecule has 0 atom stereocenters. The molecule has 0 radical (unpaired) electrons. The molecule has 5 nitrogen and oxygen atoms in total. The minimum Gasteiger partial charge on any atom is -0.310 e. The Hall–Kier alpha value is -0.840. The molecule has 1 rings (SSSR count). The average molecular weight is 202 g/mol. The topological polar surface area (TPSA) is 55.6 Å². The van der Waals surface area contributed by atoms with Crippen molar-refractivity contribution >= 4 is 0 Å². The van der Waals surface area contributed by atoms with Crippen LogP contribution >= 0.6 is 0 Å². The number of likely N-dealkylation sites (tertiary alicyclic amines) is 1. The van der Waals surface area contributed by atoms with Gasteiger partial charge in [0.15, 0.2) is 0 Å². The van der Waals surface area contributed by atoms with Gasteiger partial charge in [-0.3, -0.25) is 4.90 Å². The van der Waals surface area contributed by atoms with E-state index in [1.807, 2.05) is 0 Å². The molecule has 82 valence electrons. The first kappa shape index (κ1) is 11.2. The van der Waals surface area contributed by atoms with Crippen molar-refractivity contribution in [3.63, 3.8) is 0 Å². The Labute approximate surface area is 84.1 Å². The molecular weight excluding hydrogens is 184 g/mol. The third-order valence-electron chi connectivity index (χ3n) is 2.63. The van der Waals surface area contributed by atoms with Gasteiger partial charge in [-0.15, -0.1) is 10.1 Å². The van der Waals surface area contributed by atoms with Crippen LogP contribution in [0.25, 0.3) is 0 Å². The largest absolute Gasteiger partial charge is 0.310 e. The number of rotatable bonds is 2. The first-order valence-corrected chi connectivity index (χ1v) is 4.96. The van der Waals surface area contributed by atoms with E-state index in [2.05, 4.69) is 30.5 Å².